The lowest BCUT2D eigenvalue weighted by molar-refractivity contribution is -0.142. The molecule has 19 heavy (non-hydrogen) atoms. The first-order valence-corrected chi connectivity index (χ1v) is 6.72. The molecule has 1 saturated carbocycles. The SMILES string of the molecule is CC1(C(C(=O)O)c2cccc(F)c2N)CCCCC1. The van der Waals surface area contributed by atoms with E-state index in [1.54, 1.807) is 6.07 Å². The lowest BCUT2D eigenvalue weighted by Gasteiger charge is -2.39. The molecule has 4 heteroatoms. The van der Waals surface area contributed by atoms with Gasteiger partial charge in [-0.05, 0) is 29.9 Å². The van der Waals surface area contributed by atoms with Gasteiger partial charge in [0.1, 0.15) is 5.82 Å². The van der Waals surface area contributed by atoms with E-state index in [0.717, 1.165) is 32.1 Å². The quantitative estimate of drug-likeness (QED) is 0.821. The third-order valence-electron chi connectivity index (χ3n) is 4.34. The lowest BCUT2D eigenvalue weighted by Crippen LogP contribution is -2.34. The average molecular weight is 265 g/mol. The number of rotatable bonds is 3. The van der Waals surface area contributed by atoms with Crippen molar-refractivity contribution < 1.29 is 14.3 Å². The zero-order valence-corrected chi connectivity index (χ0v) is 11.2. The van der Waals surface area contributed by atoms with E-state index < -0.39 is 17.7 Å². The molecule has 0 bridgehead atoms. The molecule has 0 radical (unpaired) electrons. The summed E-state index contributed by atoms with van der Waals surface area (Å²) in [5, 5.41) is 9.58. The molecule has 1 unspecified atom stereocenters. The molecule has 1 aliphatic rings. The van der Waals surface area contributed by atoms with Crippen LogP contribution in [0.2, 0.25) is 0 Å². The molecule has 0 amide bonds. The molecular formula is C15H20FNO2. The van der Waals surface area contributed by atoms with Gasteiger partial charge in [-0.1, -0.05) is 38.3 Å². The van der Waals surface area contributed by atoms with Gasteiger partial charge in [-0.2, -0.15) is 0 Å². The van der Waals surface area contributed by atoms with Crippen LogP contribution in [0.3, 0.4) is 0 Å². The van der Waals surface area contributed by atoms with Crippen LogP contribution in [-0.4, -0.2) is 11.1 Å². The summed E-state index contributed by atoms with van der Waals surface area (Å²) in [6.07, 6.45) is 4.88. The van der Waals surface area contributed by atoms with E-state index >= 15 is 0 Å². The van der Waals surface area contributed by atoms with Crippen molar-refractivity contribution in [3.05, 3.63) is 29.6 Å². The van der Waals surface area contributed by atoms with Crippen molar-refractivity contribution >= 4 is 11.7 Å². The number of hydrogen-bond donors (Lipinski definition) is 2. The van der Waals surface area contributed by atoms with Gasteiger partial charge in [0.25, 0.3) is 0 Å². The molecule has 1 aliphatic carbocycles. The summed E-state index contributed by atoms with van der Waals surface area (Å²) in [6.45, 7) is 1.98. The highest BCUT2D eigenvalue weighted by Gasteiger charge is 2.42. The minimum absolute atomic E-state index is 0.0262. The number of nitrogen functional groups attached to an aromatic ring is 1. The Bertz CT molecular complexity index is 481. The molecule has 1 aromatic rings. The van der Waals surface area contributed by atoms with Gasteiger partial charge >= 0.3 is 5.97 Å². The van der Waals surface area contributed by atoms with Gasteiger partial charge in [0.15, 0.2) is 0 Å². The van der Waals surface area contributed by atoms with Crippen molar-refractivity contribution in [2.24, 2.45) is 5.41 Å². The molecular weight excluding hydrogens is 245 g/mol. The maximum atomic E-state index is 13.6. The molecule has 2 rings (SSSR count). The Morgan fingerprint density at radius 1 is 1.37 bits per heavy atom. The van der Waals surface area contributed by atoms with Crippen LogP contribution in [0.1, 0.15) is 50.5 Å². The van der Waals surface area contributed by atoms with Gasteiger partial charge in [0, 0.05) is 0 Å². The van der Waals surface area contributed by atoms with E-state index in [1.165, 1.54) is 12.1 Å². The maximum absolute atomic E-state index is 13.6. The number of carbonyl (C=O) groups is 1. The molecule has 0 saturated heterocycles. The molecule has 3 N–H and O–H groups in total. The summed E-state index contributed by atoms with van der Waals surface area (Å²) < 4.78 is 13.6. The van der Waals surface area contributed by atoms with Crippen LogP contribution < -0.4 is 5.73 Å². The van der Waals surface area contributed by atoms with Crippen molar-refractivity contribution in [2.45, 2.75) is 44.9 Å². The molecule has 1 aromatic carbocycles. The number of aliphatic carboxylic acids is 1. The molecule has 104 valence electrons. The first-order chi connectivity index (χ1) is 8.96. The maximum Gasteiger partial charge on any atom is 0.311 e. The van der Waals surface area contributed by atoms with Crippen molar-refractivity contribution in [3.63, 3.8) is 0 Å². The number of para-hydroxylation sites is 1. The lowest BCUT2D eigenvalue weighted by atomic mass is 9.65. The first-order valence-electron chi connectivity index (χ1n) is 6.72. The second-order valence-corrected chi connectivity index (χ2v) is 5.73. The van der Waals surface area contributed by atoms with E-state index in [2.05, 4.69) is 0 Å². The highest BCUT2D eigenvalue weighted by atomic mass is 19.1. The van der Waals surface area contributed by atoms with Gasteiger partial charge in [-0.15, -0.1) is 0 Å². The van der Waals surface area contributed by atoms with Crippen LogP contribution in [0, 0.1) is 11.2 Å². The molecule has 0 heterocycles. The Morgan fingerprint density at radius 2 is 2.00 bits per heavy atom. The van der Waals surface area contributed by atoms with Crippen molar-refractivity contribution in [2.75, 3.05) is 5.73 Å². The summed E-state index contributed by atoms with van der Waals surface area (Å²) >= 11 is 0. The minimum Gasteiger partial charge on any atom is -0.481 e. The first kappa shape index (κ1) is 13.8. The predicted octanol–water partition coefficient (Wildman–Crippen LogP) is 3.55. The normalized spacial score (nSPS) is 19.9. The van der Waals surface area contributed by atoms with Crippen LogP contribution in [0.4, 0.5) is 10.1 Å². The smallest absolute Gasteiger partial charge is 0.311 e. The summed E-state index contributed by atoms with van der Waals surface area (Å²) in [6, 6.07) is 4.43. The van der Waals surface area contributed by atoms with E-state index in [-0.39, 0.29) is 11.1 Å². The molecule has 1 atom stereocenters. The van der Waals surface area contributed by atoms with E-state index in [0.29, 0.717) is 5.56 Å². The van der Waals surface area contributed by atoms with Crippen LogP contribution in [0.25, 0.3) is 0 Å². The summed E-state index contributed by atoms with van der Waals surface area (Å²) in [5.74, 6) is -2.19. The van der Waals surface area contributed by atoms with Crippen molar-refractivity contribution in [1.82, 2.24) is 0 Å². The fraction of sp³-hybridized carbons (Fsp3) is 0.533. The number of carboxylic acids is 1. The van der Waals surface area contributed by atoms with E-state index in [1.807, 2.05) is 6.92 Å². The molecule has 0 aromatic heterocycles. The average Bonchev–Trinajstić information content (AvgIpc) is 2.35. The van der Waals surface area contributed by atoms with E-state index in [9.17, 15) is 14.3 Å². The number of anilines is 1. The van der Waals surface area contributed by atoms with Crippen LogP contribution in [0.15, 0.2) is 18.2 Å². The van der Waals surface area contributed by atoms with Crippen molar-refractivity contribution in [3.8, 4) is 0 Å². The summed E-state index contributed by atoms with van der Waals surface area (Å²) in [4.78, 5) is 11.7. The Hall–Kier alpha value is -1.58. The fourth-order valence-electron chi connectivity index (χ4n) is 3.26. The predicted molar refractivity (Wildman–Crippen MR) is 72.4 cm³/mol. The van der Waals surface area contributed by atoms with Gasteiger partial charge in [0.05, 0.1) is 11.6 Å². The van der Waals surface area contributed by atoms with Gasteiger partial charge < -0.3 is 10.8 Å². The van der Waals surface area contributed by atoms with Gasteiger partial charge in [-0.3, -0.25) is 4.79 Å². The van der Waals surface area contributed by atoms with Crippen LogP contribution >= 0.6 is 0 Å². The molecule has 0 spiro atoms. The monoisotopic (exact) mass is 265 g/mol. The Kier molecular flexibility index (Phi) is 3.78. The Labute approximate surface area is 112 Å². The van der Waals surface area contributed by atoms with Gasteiger partial charge in [-0.25, -0.2) is 4.39 Å². The van der Waals surface area contributed by atoms with Gasteiger partial charge in [0.2, 0.25) is 0 Å². The summed E-state index contributed by atoms with van der Waals surface area (Å²) in [7, 11) is 0. The van der Waals surface area contributed by atoms with Crippen molar-refractivity contribution in [1.29, 1.82) is 0 Å². The molecule has 0 aliphatic heterocycles. The fourth-order valence-corrected chi connectivity index (χ4v) is 3.26. The summed E-state index contributed by atoms with van der Waals surface area (Å²) in [5.41, 5.74) is 5.79. The number of hydrogen-bond acceptors (Lipinski definition) is 2. The highest BCUT2D eigenvalue weighted by Crippen LogP contribution is 2.48. The molecule has 3 nitrogen and oxygen atoms in total. The number of nitrogens with two attached hydrogens (primary N) is 1. The zero-order valence-electron chi connectivity index (χ0n) is 11.2. The third kappa shape index (κ3) is 2.57. The second kappa shape index (κ2) is 5.19. The largest absolute Gasteiger partial charge is 0.481 e. The number of halogens is 1. The Morgan fingerprint density at radius 3 is 2.58 bits per heavy atom. The van der Waals surface area contributed by atoms with E-state index in [4.69, 9.17) is 5.73 Å². The Balaban J connectivity index is 2.45. The number of carboxylic acid groups (broad SMARTS) is 1. The molecule has 1 fully saturated rings. The van der Waals surface area contributed by atoms with Crippen LogP contribution in [0.5, 0.6) is 0 Å². The highest BCUT2D eigenvalue weighted by molar-refractivity contribution is 5.79. The topological polar surface area (TPSA) is 63.3 Å². The second-order valence-electron chi connectivity index (χ2n) is 5.73. The van der Waals surface area contributed by atoms with Crippen LogP contribution in [-0.2, 0) is 4.79 Å². The standard InChI is InChI=1S/C15H20FNO2/c1-15(8-3-2-4-9-15)12(14(18)19)10-6-5-7-11(16)13(10)17/h5-7,12H,2-4,8-9,17H2,1H3,(H,18,19). The number of benzene rings is 1. The minimum atomic E-state index is -0.915. The zero-order chi connectivity index (χ0) is 14.0. The third-order valence-corrected chi connectivity index (χ3v) is 4.34.